The van der Waals surface area contributed by atoms with E-state index in [4.69, 9.17) is 0 Å². The molecule has 7 heteroatoms. The Kier molecular flexibility index (Phi) is 3.36. The van der Waals surface area contributed by atoms with E-state index in [9.17, 15) is 22.7 Å². The van der Waals surface area contributed by atoms with Crippen LogP contribution in [0.3, 0.4) is 0 Å². The lowest BCUT2D eigenvalue weighted by Crippen LogP contribution is -2.53. The normalized spacial score (nSPS) is 18.8. The number of carboxylic acids is 1. The van der Waals surface area contributed by atoms with E-state index in [1.807, 2.05) is 0 Å². The Hall–Kier alpha value is -1.47. The van der Waals surface area contributed by atoms with Gasteiger partial charge in [0.05, 0.1) is 0 Å². The molecule has 2 rings (SSSR count). The number of carboxylic acid groups (broad SMARTS) is 1. The van der Waals surface area contributed by atoms with Gasteiger partial charge in [0, 0.05) is 0 Å². The van der Waals surface area contributed by atoms with Crippen molar-refractivity contribution >= 4 is 16.0 Å². The maximum Gasteiger partial charge on any atom is 0.324 e. The van der Waals surface area contributed by atoms with E-state index >= 15 is 0 Å². The Labute approximate surface area is 110 Å². The first-order valence-corrected chi connectivity index (χ1v) is 7.27. The molecule has 0 heterocycles. The molecule has 1 aliphatic rings. The minimum absolute atomic E-state index is 0.258. The van der Waals surface area contributed by atoms with Crippen molar-refractivity contribution in [2.45, 2.75) is 30.2 Å². The van der Waals surface area contributed by atoms with Crippen LogP contribution in [0.5, 0.6) is 0 Å². The summed E-state index contributed by atoms with van der Waals surface area (Å²) in [5, 5.41) is 9.20. The average Bonchev–Trinajstić information content (AvgIpc) is 3.12. The molecule has 1 aliphatic carbocycles. The number of rotatable bonds is 5. The molecule has 1 saturated carbocycles. The number of nitrogens with one attached hydrogen (secondary N) is 1. The lowest BCUT2D eigenvalue weighted by Gasteiger charge is -2.25. The highest BCUT2D eigenvalue weighted by atomic mass is 32.2. The van der Waals surface area contributed by atoms with Gasteiger partial charge in [-0.15, -0.1) is 0 Å². The van der Waals surface area contributed by atoms with E-state index in [1.54, 1.807) is 0 Å². The molecule has 1 fully saturated rings. The maximum atomic E-state index is 13.5. The maximum absolute atomic E-state index is 13.5. The first kappa shape index (κ1) is 14.0. The summed E-state index contributed by atoms with van der Waals surface area (Å²) >= 11 is 0. The topological polar surface area (TPSA) is 83.5 Å². The van der Waals surface area contributed by atoms with Crippen LogP contribution in [0.25, 0.3) is 0 Å². The molecule has 0 aromatic heterocycles. The van der Waals surface area contributed by atoms with Crippen molar-refractivity contribution in [2.24, 2.45) is 5.92 Å². The van der Waals surface area contributed by atoms with Gasteiger partial charge in [-0.1, -0.05) is 12.1 Å². The van der Waals surface area contributed by atoms with Gasteiger partial charge in [0.2, 0.25) is 10.0 Å². The summed E-state index contributed by atoms with van der Waals surface area (Å²) in [6, 6.07) is 4.87. The third-order valence-corrected chi connectivity index (χ3v) is 4.91. The van der Waals surface area contributed by atoms with Crippen LogP contribution in [0.2, 0.25) is 0 Å². The first-order chi connectivity index (χ1) is 8.77. The van der Waals surface area contributed by atoms with E-state index in [1.165, 1.54) is 19.1 Å². The molecule has 0 amide bonds. The number of halogens is 1. The molecule has 5 nitrogen and oxygen atoms in total. The van der Waals surface area contributed by atoms with Crippen LogP contribution in [-0.4, -0.2) is 25.0 Å². The molecular weight excluding hydrogens is 273 g/mol. The largest absolute Gasteiger partial charge is 0.480 e. The molecule has 2 N–H and O–H groups in total. The molecule has 19 heavy (non-hydrogen) atoms. The van der Waals surface area contributed by atoms with Crippen molar-refractivity contribution in [1.82, 2.24) is 4.72 Å². The fourth-order valence-electron chi connectivity index (χ4n) is 1.96. The first-order valence-electron chi connectivity index (χ1n) is 5.79. The summed E-state index contributed by atoms with van der Waals surface area (Å²) in [5.41, 5.74) is -1.60. The lowest BCUT2D eigenvalue weighted by atomic mass is 9.98. The number of sulfonamides is 1. The van der Waals surface area contributed by atoms with Crippen LogP contribution in [0.1, 0.15) is 19.8 Å². The van der Waals surface area contributed by atoms with Crippen molar-refractivity contribution in [3.8, 4) is 0 Å². The molecule has 0 aliphatic heterocycles. The van der Waals surface area contributed by atoms with Crippen LogP contribution in [0.15, 0.2) is 29.2 Å². The Morgan fingerprint density at radius 3 is 2.47 bits per heavy atom. The van der Waals surface area contributed by atoms with Crippen molar-refractivity contribution in [3.05, 3.63) is 30.1 Å². The monoisotopic (exact) mass is 287 g/mol. The van der Waals surface area contributed by atoms with E-state index in [2.05, 4.69) is 4.72 Å². The minimum atomic E-state index is -4.20. The van der Waals surface area contributed by atoms with Gasteiger partial charge in [-0.2, -0.15) is 4.72 Å². The lowest BCUT2D eigenvalue weighted by molar-refractivity contribution is -0.144. The second-order valence-electron chi connectivity index (χ2n) is 4.82. The Morgan fingerprint density at radius 2 is 2.00 bits per heavy atom. The summed E-state index contributed by atoms with van der Waals surface area (Å²) in [6.45, 7) is 1.31. The highest BCUT2D eigenvalue weighted by molar-refractivity contribution is 7.89. The van der Waals surface area contributed by atoms with Crippen LogP contribution >= 0.6 is 0 Å². The van der Waals surface area contributed by atoms with Crippen molar-refractivity contribution in [3.63, 3.8) is 0 Å². The molecule has 1 atom stereocenters. The quantitative estimate of drug-likeness (QED) is 0.856. The van der Waals surface area contributed by atoms with Gasteiger partial charge in [0.25, 0.3) is 0 Å². The minimum Gasteiger partial charge on any atom is -0.480 e. The van der Waals surface area contributed by atoms with Crippen molar-refractivity contribution in [2.75, 3.05) is 0 Å². The van der Waals surface area contributed by atoms with E-state index in [0.717, 1.165) is 12.1 Å². The van der Waals surface area contributed by atoms with Crippen LogP contribution in [0.4, 0.5) is 4.39 Å². The molecule has 1 aromatic rings. The van der Waals surface area contributed by atoms with Gasteiger partial charge in [-0.05, 0) is 37.8 Å². The molecule has 1 aromatic carbocycles. The molecule has 104 valence electrons. The number of benzene rings is 1. The summed E-state index contributed by atoms with van der Waals surface area (Å²) in [7, 11) is -4.20. The summed E-state index contributed by atoms with van der Waals surface area (Å²) in [5.74, 6) is -2.42. The Bertz CT molecular complexity index is 612. The smallest absolute Gasteiger partial charge is 0.324 e. The fourth-order valence-corrected chi connectivity index (χ4v) is 3.46. The molecule has 0 radical (unpaired) electrons. The van der Waals surface area contributed by atoms with Gasteiger partial charge in [0.15, 0.2) is 0 Å². The summed E-state index contributed by atoms with van der Waals surface area (Å²) in [4.78, 5) is 10.7. The highest BCUT2D eigenvalue weighted by Crippen LogP contribution is 2.40. The zero-order chi connectivity index (χ0) is 14.3. The van der Waals surface area contributed by atoms with E-state index < -0.39 is 32.2 Å². The zero-order valence-corrected chi connectivity index (χ0v) is 11.1. The van der Waals surface area contributed by atoms with E-state index in [-0.39, 0.29) is 5.92 Å². The van der Waals surface area contributed by atoms with Gasteiger partial charge >= 0.3 is 5.97 Å². The second kappa shape index (κ2) is 4.57. The Balaban J connectivity index is 2.36. The van der Waals surface area contributed by atoms with Gasteiger partial charge in [0.1, 0.15) is 16.3 Å². The fraction of sp³-hybridized carbons (Fsp3) is 0.417. The number of hydrogen-bond donors (Lipinski definition) is 2. The summed E-state index contributed by atoms with van der Waals surface area (Å²) in [6.07, 6.45) is 1.28. The van der Waals surface area contributed by atoms with Gasteiger partial charge < -0.3 is 5.11 Å². The standard InChI is InChI=1S/C12H14FNO4S/c1-12(11(15)16,8-6-7-8)14-19(17,18)10-5-3-2-4-9(10)13/h2-5,8,14H,6-7H2,1H3,(H,15,16). The second-order valence-corrected chi connectivity index (χ2v) is 6.47. The number of carbonyl (C=O) groups is 1. The van der Waals surface area contributed by atoms with Crippen LogP contribution in [0, 0.1) is 11.7 Å². The van der Waals surface area contributed by atoms with E-state index in [0.29, 0.717) is 12.8 Å². The third kappa shape index (κ3) is 2.62. The third-order valence-electron chi connectivity index (χ3n) is 3.31. The Morgan fingerprint density at radius 1 is 1.42 bits per heavy atom. The van der Waals surface area contributed by atoms with Crippen LogP contribution < -0.4 is 4.72 Å². The predicted molar refractivity (Wildman–Crippen MR) is 65.5 cm³/mol. The van der Waals surface area contributed by atoms with Crippen LogP contribution in [-0.2, 0) is 14.8 Å². The molecule has 0 bridgehead atoms. The van der Waals surface area contributed by atoms with Crippen molar-refractivity contribution in [1.29, 1.82) is 0 Å². The highest BCUT2D eigenvalue weighted by Gasteiger charge is 2.50. The molecule has 0 saturated heterocycles. The zero-order valence-electron chi connectivity index (χ0n) is 10.3. The van der Waals surface area contributed by atoms with Crippen molar-refractivity contribution < 1.29 is 22.7 Å². The van der Waals surface area contributed by atoms with Gasteiger partial charge in [-0.25, -0.2) is 12.8 Å². The predicted octanol–water partition coefficient (Wildman–Crippen LogP) is 1.36. The number of hydrogen-bond acceptors (Lipinski definition) is 3. The number of aliphatic carboxylic acids is 1. The average molecular weight is 287 g/mol. The SMILES string of the molecule is CC(NS(=O)(=O)c1ccccc1F)(C(=O)O)C1CC1. The molecule has 0 spiro atoms. The molecule has 1 unspecified atom stereocenters. The molecular formula is C12H14FNO4S. The summed E-state index contributed by atoms with van der Waals surface area (Å²) < 4.78 is 39.8. The van der Waals surface area contributed by atoms with Gasteiger partial charge in [-0.3, -0.25) is 4.79 Å².